The molecule has 10 nitrogen and oxygen atoms in total. The number of ether oxygens (including phenoxy) is 2. The molecule has 1 saturated heterocycles. The standard InChI is InChI=1S/C22H28N6O4/c1-3-31-20(29)14-28-19(24-25-26-28)13-27(12-18-8-5-9-32-18)11-17-10-16-7-4-6-15(2)21(16)23-22(17)30/h4,6-7,10,18H,3,5,8-9,11-14H2,1-2H3,(H,23,30)/t18-/m0/s1. The smallest absolute Gasteiger partial charge is 0.327 e. The number of pyridine rings is 1. The lowest BCUT2D eigenvalue weighted by Crippen LogP contribution is -2.34. The van der Waals surface area contributed by atoms with E-state index >= 15 is 0 Å². The van der Waals surface area contributed by atoms with E-state index in [-0.39, 0.29) is 18.2 Å². The molecule has 3 heterocycles. The number of H-pyrrole nitrogens is 1. The monoisotopic (exact) mass is 440 g/mol. The van der Waals surface area contributed by atoms with Crippen molar-refractivity contribution in [2.24, 2.45) is 0 Å². The molecule has 0 unspecified atom stereocenters. The number of aromatic amines is 1. The molecule has 1 N–H and O–H groups in total. The van der Waals surface area contributed by atoms with Crippen LogP contribution >= 0.6 is 0 Å². The lowest BCUT2D eigenvalue weighted by molar-refractivity contribution is -0.144. The molecule has 4 rings (SSSR count). The summed E-state index contributed by atoms with van der Waals surface area (Å²) in [6.45, 7) is 6.14. The van der Waals surface area contributed by atoms with Gasteiger partial charge < -0.3 is 14.5 Å². The van der Waals surface area contributed by atoms with Gasteiger partial charge in [-0.1, -0.05) is 18.2 Å². The van der Waals surface area contributed by atoms with E-state index < -0.39 is 5.97 Å². The molecule has 10 heteroatoms. The van der Waals surface area contributed by atoms with Crippen LogP contribution in [0.4, 0.5) is 0 Å². The molecule has 0 spiro atoms. The molecule has 1 aromatic carbocycles. The van der Waals surface area contributed by atoms with Gasteiger partial charge in [0.25, 0.3) is 5.56 Å². The number of aromatic nitrogens is 5. The lowest BCUT2D eigenvalue weighted by atomic mass is 10.1. The van der Waals surface area contributed by atoms with Crippen LogP contribution in [-0.4, -0.2) is 61.9 Å². The van der Waals surface area contributed by atoms with E-state index in [2.05, 4.69) is 25.4 Å². The van der Waals surface area contributed by atoms with E-state index in [0.29, 0.717) is 37.6 Å². The van der Waals surface area contributed by atoms with Gasteiger partial charge in [-0.2, -0.15) is 0 Å². The van der Waals surface area contributed by atoms with Crippen LogP contribution in [0.15, 0.2) is 29.1 Å². The van der Waals surface area contributed by atoms with Crippen molar-refractivity contribution in [2.45, 2.75) is 52.4 Å². The van der Waals surface area contributed by atoms with Crippen LogP contribution in [0.2, 0.25) is 0 Å². The molecule has 2 aromatic heterocycles. The summed E-state index contributed by atoms with van der Waals surface area (Å²) in [5.74, 6) is 0.136. The number of para-hydroxylation sites is 1. The van der Waals surface area contributed by atoms with E-state index in [9.17, 15) is 9.59 Å². The Morgan fingerprint density at radius 1 is 1.38 bits per heavy atom. The van der Waals surface area contributed by atoms with Gasteiger partial charge in [-0.15, -0.1) is 5.10 Å². The highest BCUT2D eigenvalue weighted by Gasteiger charge is 2.23. The van der Waals surface area contributed by atoms with Crippen LogP contribution in [0.5, 0.6) is 0 Å². The fourth-order valence-corrected chi connectivity index (χ4v) is 4.04. The van der Waals surface area contributed by atoms with Gasteiger partial charge in [0.2, 0.25) is 0 Å². The highest BCUT2D eigenvalue weighted by atomic mass is 16.5. The van der Waals surface area contributed by atoms with Gasteiger partial charge in [-0.3, -0.25) is 14.5 Å². The predicted octanol–water partition coefficient (Wildman–Crippen LogP) is 1.57. The van der Waals surface area contributed by atoms with Gasteiger partial charge in [0.1, 0.15) is 6.54 Å². The first-order valence-electron chi connectivity index (χ1n) is 10.9. The molecule has 0 saturated carbocycles. The van der Waals surface area contributed by atoms with E-state index in [1.807, 2.05) is 31.2 Å². The van der Waals surface area contributed by atoms with Gasteiger partial charge >= 0.3 is 5.97 Å². The van der Waals surface area contributed by atoms with E-state index in [0.717, 1.165) is 35.9 Å². The SMILES string of the molecule is CCOC(=O)Cn1nnnc1CN(Cc1cc2cccc(C)c2[nH]c1=O)C[C@@H]1CCCO1. The third kappa shape index (κ3) is 5.20. The largest absolute Gasteiger partial charge is 0.465 e. The lowest BCUT2D eigenvalue weighted by Gasteiger charge is -2.24. The number of esters is 1. The zero-order valence-corrected chi connectivity index (χ0v) is 18.4. The summed E-state index contributed by atoms with van der Waals surface area (Å²) in [4.78, 5) is 29.8. The highest BCUT2D eigenvalue weighted by Crippen LogP contribution is 2.18. The summed E-state index contributed by atoms with van der Waals surface area (Å²) < 4.78 is 12.3. The number of benzene rings is 1. The number of hydrogen-bond acceptors (Lipinski definition) is 8. The third-order valence-electron chi connectivity index (χ3n) is 5.60. The number of nitrogens with zero attached hydrogens (tertiary/aromatic N) is 5. The Hall–Kier alpha value is -3.11. The number of fused-ring (bicyclic) bond motifs is 1. The Balaban J connectivity index is 1.57. The van der Waals surface area contributed by atoms with Crippen molar-refractivity contribution in [3.63, 3.8) is 0 Å². The minimum absolute atomic E-state index is 0.0558. The Morgan fingerprint density at radius 2 is 2.25 bits per heavy atom. The molecule has 1 aliphatic heterocycles. The molecule has 1 atom stereocenters. The van der Waals surface area contributed by atoms with Crippen molar-refractivity contribution >= 4 is 16.9 Å². The van der Waals surface area contributed by atoms with Crippen molar-refractivity contribution in [1.82, 2.24) is 30.1 Å². The summed E-state index contributed by atoms with van der Waals surface area (Å²) >= 11 is 0. The number of tetrazole rings is 1. The number of rotatable bonds is 9. The van der Waals surface area contributed by atoms with Crippen molar-refractivity contribution < 1.29 is 14.3 Å². The summed E-state index contributed by atoms with van der Waals surface area (Å²) in [5.41, 5.74) is 2.42. The highest BCUT2D eigenvalue weighted by molar-refractivity contribution is 5.81. The molecule has 1 fully saturated rings. The average molecular weight is 441 g/mol. The Bertz CT molecular complexity index is 1130. The van der Waals surface area contributed by atoms with Crippen LogP contribution in [0.3, 0.4) is 0 Å². The normalized spacial score (nSPS) is 16.2. The fourth-order valence-electron chi connectivity index (χ4n) is 4.04. The molecular formula is C22H28N6O4. The fraction of sp³-hybridized carbons (Fsp3) is 0.500. The van der Waals surface area contributed by atoms with E-state index in [4.69, 9.17) is 9.47 Å². The Morgan fingerprint density at radius 3 is 3.03 bits per heavy atom. The molecule has 3 aromatic rings. The number of aryl methyl sites for hydroxylation is 1. The van der Waals surface area contributed by atoms with E-state index in [1.54, 1.807) is 6.92 Å². The minimum atomic E-state index is -0.395. The number of nitrogens with one attached hydrogen (secondary N) is 1. The van der Waals surface area contributed by atoms with Crippen molar-refractivity contribution in [2.75, 3.05) is 19.8 Å². The quantitative estimate of drug-likeness (QED) is 0.499. The molecule has 0 bridgehead atoms. The van der Waals surface area contributed by atoms with Crippen LogP contribution in [-0.2, 0) is 33.9 Å². The zero-order valence-electron chi connectivity index (χ0n) is 18.4. The maximum absolute atomic E-state index is 12.8. The molecule has 0 aliphatic carbocycles. The van der Waals surface area contributed by atoms with Crippen molar-refractivity contribution in [3.8, 4) is 0 Å². The van der Waals surface area contributed by atoms with Crippen LogP contribution in [0.25, 0.3) is 10.9 Å². The third-order valence-corrected chi connectivity index (χ3v) is 5.60. The number of hydrogen-bond donors (Lipinski definition) is 1. The average Bonchev–Trinajstić information content (AvgIpc) is 3.42. The summed E-state index contributed by atoms with van der Waals surface area (Å²) in [6.07, 6.45) is 2.08. The predicted molar refractivity (Wildman–Crippen MR) is 117 cm³/mol. The topological polar surface area (TPSA) is 115 Å². The summed E-state index contributed by atoms with van der Waals surface area (Å²) in [5, 5.41) is 12.7. The van der Waals surface area contributed by atoms with Gasteiger partial charge in [0.05, 0.1) is 24.8 Å². The number of carbonyl (C=O) groups excluding carboxylic acids is 1. The second-order valence-corrected chi connectivity index (χ2v) is 8.03. The van der Waals surface area contributed by atoms with Crippen molar-refractivity contribution in [3.05, 3.63) is 51.6 Å². The molecule has 0 amide bonds. The number of carbonyl (C=O) groups is 1. The van der Waals surface area contributed by atoms with Crippen LogP contribution in [0, 0.1) is 6.92 Å². The molecule has 0 radical (unpaired) electrons. The van der Waals surface area contributed by atoms with Gasteiger partial charge in [0.15, 0.2) is 5.82 Å². The van der Waals surface area contributed by atoms with Crippen LogP contribution in [0.1, 0.15) is 36.7 Å². The summed E-state index contributed by atoms with van der Waals surface area (Å²) in [6, 6.07) is 7.88. The minimum Gasteiger partial charge on any atom is -0.465 e. The first-order valence-corrected chi connectivity index (χ1v) is 10.9. The Kier molecular flexibility index (Phi) is 6.91. The van der Waals surface area contributed by atoms with Gasteiger partial charge in [0, 0.05) is 25.3 Å². The zero-order chi connectivity index (χ0) is 22.5. The molecule has 32 heavy (non-hydrogen) atoms. The first-order chi connectivity index (χ1) is 15.5. The van der Waals surface area contributed by atoms with Crippen molar-refractivity contribution in [1.29, 1.82) is 0 Å². The maximum Gasteiger partial charge on any atom is 0.327 e. The molecular weight excluding hydrogens is 412 g/mol. The van der Waals surface area contributed by atoms with E-state index in [1.165, 1.54) is 4.68 Å². The summed E-state index contributed by atoms with van der Waals surface area (Å²) in [7, 11) is 0. The molecule has 1 aliphatic rings. The Labute approximate surface area is 185 Å². The van der Waals surface area contributed by atoms with Gasteiger partial charge in [-0.05, 0) is 54.1 Å². The second-order valence-electron chi connectivity index (χ2n) is 8.03. The maximum atomic E-state index is 12.8. The van der Waals surface area contributed by atoms with Crippen LogP contribution < -0.4 is 5.56 Å². The first kappa shape index (κ1) is 22.1. The molecule has 170 valence electrons. The van der Waals surface area contributed by atoms with Gasteiger partial charge in [-0.25, -0.2) is 4.68 Å². The second kappa shape index (κ2) is 10.0.